The Labute approximate surface area is 319 Å². The number of ether oxygens (including phenoxy) is 1. The zero-order valence-corrected chi connectivity index (χ0v) is 32.0. The predicted molar refractivity (Wildman–Crippen MR) is 170 cm³/mol. The van der Waals surface area contributed by atoms with Gasteiger partial charge < -0.3 is 15.5 Å². The summed E-state index contributed by atoms with van der Waals surface area (Å²) in [6, 6.07) is 26.0. The number of methoxy groups -OCH3 is 1. The Morgan fingerprint density at radius 1 is 0.913 bits per heavy atom. The van der Waals surface area contributed by atoms with Gasteiger partial charge in [-0.2, -0.15) is 18.2 Å². The summed E-state index contributed by atoms with van der Waals surface area (Å²) in [6.07, 6.45) is 3.85. The minimum atomic E-state index is -0.379. The molecule has 232 valence electrons. The van der Waals surface area contributed by atoms with Crippen molar-refractivity contribution in [1.29, 1.82) is 0 Å². The first kappa shape index (κ1) is 41.1. The number of pyridine rings is 1. The minimum Gasteiger partial charge on any atom is -0.475 e. The summed E-state index contributed by atoms with van der Waals surface area (Å²) in [5.74, 6) is -0.851. The van der Waals surface area contributed by atoms with Crippen molar-refractivity contribution >= 4 is 28.8 Å². The molecular formula is C37H34F2N2O3Y2-2. The molecule has 4 aromatic carbocycles. The number of carbonyl (C=O) groups excluding carboxylic acids is 2. The fourth-order valence-corrected chi connectivity index (χ4v) is 4.15. The average molecular weight is 770 g/mol. The number of rotatable bonds is 6. The van der Waals surface area contributed by atoms with Gasteiger partial charge in [0.2, 0.25) is 0 Å². The van der Waals surface area contributed by atoms with Crippen LogP contribution in [0.3, 0.4) is 0 Å². The third-order valence-corrected chi connectivity index (χ3v) is 6.88. The number of aryl methyl sites for hydroxylation is 2. The van der Waals surface area contributed by atoms with Crippen LogP contribution in [0, 0.1) is 44.5 Å². The number of nitrogen functional groups attached to an aromatic ring is 1. The van der Waals surface area contributed by atoms with Crippen LogP contribution in [0.5, 0.6) is 0 Å². The van der Waals surface area contributed by atoms with Gasteiger partial charge in [-0.25, -0.2) is 8.78 Å². The molecule has 0 bridgehead atoms. The molecule has 2 radical (unpaired) electrons. The predicted octanol–water partition coefficient (Wildman–Crippen LogP) is 7.66. The van der Waals surface area contributed by atoms with E-state index in [1.807, 2.05) is 24.4 Å². The summed E-state index contributed by atoms with van der Waals surface area (Å²) in [6.45, 7) is 9.45. The molecule has 9 heteroatoms. The van der Waals surface area contributed by atoms with Gasteiger partial charge in [0, 0.05) is 78.0 Å². The van der Waals surface area contributed by atoms with Gasteiger partial charge in [0.25, 0.3) is 5.97 Å². The number of aromatic nitrogens is 1. The van der Waals surface area contributed by atoms with Gasteiger partial charge in [-0.15, -0.1) is 40.3 Å². The molecule has 0 unspecified atom stereocenters. The number of carbonyl (C=O) groups is 2. The summed E-state index contributed by atoms with van der Waals surface area (Å²) < 4.78 is 29.9. The van der Waals surface area contributed by atoms with Crippen molar-refractivity contribution < 1.29 is 88.5 Å². The molecule has 0 atom stereocenters. The summed E-state index contributed by atoms with van der Waals surface area (Å²) >= 11 is 0. The first-order chi connectivity index (χ1) is 21.0. The van der Waals surface area contributed by atoms with E-state index in [1.54, 1.807) is 31.2 Å². The number of hydrogen-bond donors (Lipinski definition) is 1. The Morgan fingerprint density at radius 3 is 2.07 bits per heavy atom. The molecule has 1 aromatic heterocycles. The van der Waals surface area contributed by atoms with Crippen LogP contribution >= 0.6 is 0 Å². The van der Waals surface area contributed by atoms with E-state index >= 15 is 0 Å². The number of aldehydes is 1. The zero-order valence-electron chi connectivity index (χ0n) is 26.4. The van der Waals surface area contributed by atoms with Gasteiger partial charge in [0.1, 0.15) is 17.9 Å². The van der Waals surface area contributed by atoms with Crippen LogP contribution in [0.1, 0.15) is 43.7 Å². The SMILES string of the molecule is C=C(C=O)Cc1ccc(F)cc1.COC(=O)c1c[c-]cc(N)c1C.Cc1c[c-]c2cc(Cc3ccc(F)cc3)cnc2c1C.[Y].[Y]. The van der Waals surface area contributed by atoms with E-state index in [2.05, 4.69) is 48.3 Å². The second-order valence-corrected chi connectivity index (χ2v) is 10.2. The summed E-state index contributed by atoms with van der Waals surface area (Å²) in [5, 5.41) is 1.03. The molecule has 0 aliphatic heterocycles. The molecule has 0 saturated carbocycles. The number of nitrogens with zero attached hydrogens (tertiary/aromatic N) is 1. The van der Waals surface area contributed by atoms with E-state index in [9.17, 15) is 18.4 Å². The van der Waals surface area contributed by atoms with E-state index in [4.69, 9.17) is 5.73 Å². The maximum atomic E-state index is 12.9. The Hall–Kier alpha value is -2.96. The van der Waals surface area contributed by atoms with Crippen molar-refractivity contribution in [2.75, 3.05) is 12.8 Å². The molecule has 5 aromatic rings. The molecule has 46 heavy (non-hydrogen) atoms. The fourth-order valence-electron chi connectivity index (χ4n) is 4.15. The molecule has 0 aliphatic carbocycles. The molecule has 0 amide bonds. The maximum Gasteiger partial charge on any atom is 0.281 e. The van der Waals surface area contributed by atoms with Crippen molar-refractivity contribution in [3.63, 3.8) is 0 Å². The average Bonchev–Trinajstić information content (AvgIpc) is 3.03. The van der Waals surface area contributed by atoms with Gasteiger partial charge in [0.15, 0.2) is 0 Å². The number of allylic oxidation sites excluding steroid dienone is 1. The Bertz CT molecular complexity index is 1760. The number of hydrogen-bond acceptors (Lipinski definition) is 5. The van der Waals surface area contributed by atoms with Crippen molar-refractivity contribution in [2.24, 2.45) is 0 Å². The third-order valence-electron chi connectivity index (χ3n) is 6.88. The summed E-state index contributed by atoms with van der Waals surface area (Å²) in [5.41, 5.74) is 14.3. The van der Waals surface area contributed by atoms with Crippen LogP contribution in [-0.2, 0) is 87.8 Å². The van der Waals surface area contributed by atoms with E-state index in [0.717, 1.165) is 39.6 Å². The number of esters is 1. The normalized spacial score (nSPS) is 9.70. The number of halogens is 2. The number of nitrogens with two attached hydrogens (primary N) is 1. The second kappa shape index (κ2) is 20.3. The van der Waals surface area contributed by atoms with Crippen LogP contribution in [0.25, 0.3) is 10.9 Å². The van der Waals surface area contributed by atoms with Crippen LogP contribution in [-0.4, -0.2) is 24.3 Å². The van der Waals surface area contributed by atoms with E-state index in [-0.39, 0.29) is 83.0 Å². The van der Waals surface area contributed by atoms with E-state index in [1.165, 1.54) is 42.5 Å². The summed E-state index contributed by atoms with van der Waals surface area (Å²) in [4.78, 5) is 25.8. The van der Waals surface area contributed by atoms with Crippen molar-refractivity contribution in [2.45, 2.75) is 33.6 Å². The number of fused-ring (bicyclic) bond motifs is 1. The Morgan fingerprint density at radius 2 is 1.50 bits per heavy atom. The monoisotopic (exact) mass is 770 g/mol. The van der Waals surface area contributed by atoms with Crippen molar-refractivity contribution in [3.8, 4) is 0 Å². The molecule has 0 aliphatic rings. The molecule has 0 saturated heterocycles. The van der Waals surface area contributed by atoms with Gasteiger partial charge in [0.05, 0.1) is 7.11 Å². The maximum absolute atomic E-state index is 12.9. The van der Waals surface area contributed by atoms with E-state index in [0.29, 0.717) is 29.5 Å². The molecule has 0 fully saturated rings. The third kappa shape index (κ3) is 12.3. The fraction of sp³-hybridized carbons (Fsp3) is 0.162. The Kier molecular flexibility index (Phi) is 18.1. The second-order valence-electron chi connectivity index (χ2n) is 10.2. The minimum absolute atomic E-state index is 0. The Balaban J connectivity index is 0.000000357. The van der Waals surface area contributed by atoms with Gasteiger partial charge in [-0.05, 0) is 58.5 Å². The van der Waals surface area contributed by atoms with Crippen LogP contribution in [0.15, 0.2) is 91.1 Å². The molecular weight excluding hydrogens is 736 g/mol. The van der Waals surface area contributed by atoms with Crippen molar-refractivity contribution in [1.82, 2.24) is 4.98 Å². The largest absolute Gasteiger partial charge is 0.475 e. The molecule has 5 rings (SSSR count). The van der Waals surface area contributed by atoms with Gasteiger partial charge in [-0.3, -0.25) is 9.59 Å². The first-order valence-corrected chi connectivity index (χ1v) is 13.7. The van der Waals surface area contributed by atoms with Crippen LogP contribution < -0.4 is 5.73 Å². The summed E-state index contributed by atoms with van der Waals surface area (Å²) in [7, 11) is 1.34. The number of benzene rings is 4. The van der Waals surface area contributed by atoms with Crippen LogP contribution in [0.4, 0.5) is 14.5 Å². The standard InChI is InChI=1S/C18H15FN.C10H9FO.C9H10NO2.2Y/c1-12-3-6-16-10-15(11-20-18(16)13(12)2)9-14-4-7-17(19)8-5-14;1-8(7-12)6-9-2-4-10(11)5-3-9;1-6-7(9(11)12-2)4-3-5-8(6)10;;/h3-5,7-8,10-11H,9H2,1-2H3;2-5,7H,1,6H2;4-5H,10H2,1-2H3;;/q-1;;-1;;. The van der Waals surface area contributed by atoms with Crippen molar-refractivity contribution in [3.05, 3.63) is 154 Å². The quantitative estimate of drug-likeness (QED) is 0.0631. The molecule has 2 N–H and O–H groups in total. The topological polar surface area (TPSA) is 82.3 Å². The van der Waals surface area contributed by atoms with E-state index < -0.39 is 0 Å². The molecule has 5 nitrogen and oxygen atoms in total. The molecule has 0 spiro atoms. The zero-order chi connectivity index (χ0) is 32.2. The molecule has 1 heterocycles. The number of anilines is 1. The van der Waals surface area contributed by atoms with Gasteiger partial charge >= 0.3 is 0 Å². The first-order valence-electron chi connectivity index (χ1n) is 13.7. The smallest absolute Gasteiger partial charge is 0.281 e. The van der Waals surface area contributed by atoms with Crippen LogP contribution in [0.2, 0.25) is 0 Å². The van der Waals surface area contributed by atoms with Gasteiger partial charge in [-0.1, -0.05) is 62.9 Å².